The third-order valence-corrected chi connectivity index (χ3v) is 5.51. The van der Waals surface area contributed by atoms with E-state index in [0.717, 1.165) is 22.5 Å². The first-order valence-corrected chi connectivity index (χ1v) is 10.0. The summed E-state index contributed by atoms with van der Waals surface area (Å²) < 4.78 is 1.65. The molecule has 0 aliphatic heterocycles. The molecule has 0 aliphatic rings. The van der Waals surface area contributed by atoms with Crippen LogP contribution in [0, 0.1) is 6.92 Å². The summed E-state index contributed by atoms with van der Waals surface area (Å²) in [6.07, 6.45) is 0. The maximum Gasteiger partial charge on any atom is 0.242 e. The van der Waals surface area contributed by atoms with Crippen molar-refractivity contribution in [2.24, 2.45) is 0 Å². The Kier molecular flexibility index (Phi) is 5.67. The highest BCUT2D eigenvalue weighted by atomic mass is 32.2. The van der Waals surface area contributed by atoms with Crippen LogP contribution >= 0.6 is 11.8 Å². The largest absolute Gasteiger partial charge is 0.325 e. The van der Waals surface area contributed by atoms with Crippen LogP contribution in [0.3, 0.4) is 0 Å². The number of para-hydroxylation sites is 1. The van der Waals surface area contributed by atoms with Crippen molar-refractivity contribution in [1.82, 2.24) is 20.2 Å². The molecule has 144 valence electrons. The zero-order valence-corrected chi connectivity index (χ0v) is 16.6. The Morgan fingerprint density at radius 2 is 1.59 bits per heavy atom. The highest BCUT2D eigenvalue weighted by molar-refractivity contribution is 8.00. The number of amides is 1. The van der Waals surface area contributed by atoms with Gasteiger partial charge in [-0.3, -0.25) is 4.79 Å². The SMILES string of the molecule is Cc1ccc(-n2nnnc2SC(C(=O)Nc2ccccc2)c2ccccc2)cc1. The lowest BCUT2D eigenvalue weighted by atomic mass is 10.1. The standard InChI is InChI=1S/C22H19N5OS/c1-16-12-14-19(15-13-16)27-22(24-25-26-27)29-20(17-8-4-2-5-9-17)21(28)23-18-10-6-3-7-11-18/h2-15,20H,1H3,(H,23,28). The van der Waals surface area contributed by atoms with Gasteiger partial charge in [0.25, 0.3) is 0 Å². The third kappa shape index (κ3) is 4.52. The summed E-state index contributed by atoms with van der Waals surface area (Å²) in [6, 6.07) is 27.0. The third-order valence-electron chi connectivity index (χ3n) is 4.32. The minimum atomic E-state index is -0.508. The van der Waals surface area contributed by atoms with Crippen LogP contribution in [0.15, 0.2) is 90.1 Å². The summed E-state index contributed by atoms with van der Waals surface area (Å²) in [6.45, 7) is 2.03. The second-order valence-electron chi connectivity index (χ2n) is 6.47. The molecule has 3 aromatic carbocycles. The topological polar surface area (TPSA) is 72.7 Å². The van der Waals surface area contributed by atoms with Crippen LogP contribution in [-0.2, 0) is 4.79 Å². The molecule has 1 unspecified atom stereocenters. The number of thioether (sulfide) groups is 1. The predicted octanol–water partition coefficient (Wildman–Crippen LogP) is 4.44. The van der Waals surface area contributed by atoms with Crippen LogP contribution < -0.4 is 5.32 Å². The number of nitrogens with one attached hydrogen (secondary N) is 1. The Bertz CT molecular complexity index is 1080. The summed E-state index contributed by atoms with van der Waals surface area (Å²) >= 11 is 1.32. The van der Waals surface area contributed by atoms with Crippen molar-refractivity contribution < 1.29 is 4.79 Å². The van der Waals surface area contributed by atoms with Crippen molar-refractivity contribution in [3.05, 3.63) is 96.1 Å². The van der Waals surface area contributed by atoms with Gasteiger partial charge >= 0.3 is 0 Å². The van der Waals surface area contributed by atoms with Gasteiger partial charge in [-0.1, -0.05) is 78.0 Å². The second-order valence-corrected chi connectivity index (χ2v) is 7.54. The van der Waals surface area contributed by atoms with Crippen molar-refractivity contribution in [2.75, 3.05) is 5.32 Å². The number of anilines is 1. The van der Waals surface area contributed by atoms with E-state index >= 15 is 0 Å². The molecule has 29 heavy (non-hydrogen) atoms. The molecule has 0 aliphatic carbocycles. The van der Waals surface area contributed by atoms with Crippen molar-refractivity contribution >= 4 is 23.4 Å². The van der Waals surface area contributed by atoms with E-state index in [1.54, 1.807) is 4.68 Å². The first-order valence-electron chi connectivity index (χ1n) is 9.13. The molecule has 6 nitrogen and oxygen atoms in total. The van der Waals surface area contributed by atoms with E-state index in [9.17, 15) is 4.79 Å². The van der Waals surface area contributed by atoms with E-state index < -0.39 is 5.25 Å². The lowest BCUT2D eigenvalue weighted by molar-refractivity contribution is -0.115. The van der Waals surface area contributed by atoms with Gasteiger partial charge in [0.2, 0.25) is 11.1 Å². The normalized spacial score (nSPS) is 11.8. The first kappa shape index (κ1) is 18.9. The Morgan fingerprint density at radius 1 is 0.931 bits per heavy atom. The summed E-state index contributed by atoms with van der Waals surface area (Å²) in [5.41, 5.74) is 3.63. The number of aryl methyl sites for hydroxylation is 1. The van der Waals surface area contributed by atoms with Gasteiger partial charge in [0.05, 0.1) is 5.69 Å². The molecule has 1 heterocycles. The molecule has 0 spiro atoms. The van der Waals surface area contributed by atoms with Gasteiger partial charge in [-0.15, -0.1) is 5.10 Å². The van der Waals surface area contributed by atoms with E-state index in [4.69, 9.17) is 0 Å². The Morgan fingerprint density at radius 3 is 2.28 bits per heavy atom. The summed E-state index contributed by atoms with van der Waals surface area (Å²) in [4.78, 5) is 13.1. The van der Waals surface area contributed by atoms with E-state index in [-0.39, 0.29) is 5.91 Å². The molecular formula is C22H19N5OS. The summed E-state index contributed by atoms with van der Waals surface area (Å²) in [5.74, 6) is -0.133. The van der Waals surface area contributed by atoms with Gasteiger partial charge in [-0.05, 0) is 47.2 Å². The molecule has 7 heteroatoms. The minimum absolute atomic E-state index is 0.133. The second kappa shape index (κ2) is 8.70. The molecule has 0 saturated heterocycles. The van der Waals surface area contributed by atoms with Crippen molar-refractivity contribution in [3.8, 4) is 5.69 Å². The lowest BCUT2D eigenvalue weighted by Crippen LogP contribution is -2.19. The van der Waals surface area contributed by atoms with E-state index in [2.05, 4.69) is 20.8 Å². The molecule has 1 N–H and O–H groups in total. The minimum Gasteiger partial charge on any atom is -0.325 e. The monoisotopic (exact) mass is 401 g/mol. The number of benzene rings is 3. The van der Waals surface area contributed by atoms with Crippen LogP contribution in [0.5, 0.6) is 0 Å². The number of tetrazole rings is 1. The van der Waals surface area contributed by atoms with Gasteiger partial charge in [0.1, 0.15) is 5.25 Å². The number of rotatable bonds is 6. The predicted molar refractivity (Wildman–Crippen MR) is 114 cm³/mol. The summed E-state index contributed by atoms with van der Waals surface area (Å²) in [5, 5.41) is 15.1. The van der Waals surface area contributed by atoms with Crippen LogP contribution in [0.1, 0.15) is 16.4 Å². The Labute approximate surface area is 173 Å². The summed E-state index contributed by atoms with van der Waals surface area (Å²) in [7, 11) is 0. The van der Waals surface area contributed by atoms with Gasteiger partial charge in [0.15, 0.2) is 0 Å². The molecule has 0 bridgehead atoms. The van der Waals surface area contributed by atoms with Gasteiger partial charge in [0, 0.05) is 5.69 Å². The zero-order valence-electron chi connectivity index (χ0n) is 15.8. The van der Waals surface area contributed by atoms with Gasteiger partial charge in [-0.2, -0.15) is 4.68 Å². The number of nitrogens with zero attached hydrogens (tertiary/aromatic N) is 4. The van der Waals surface area contributed by atoms with Crippen molar-refractivity contribution in [2.45, 2.75) is 17.3 Å². The number of hydrogen-bond acceptors (Lipinski definition) is 5. The molecule has 4 rings (SSSR count). The molecule has 0 saturated carbocycles. The zero-order chi connectivity index (χ0) is 20.1. The molecule has 1 aromatic heterocycles. The van der Waals surface area contributed by atoms with Gasteiger partial charge in [-0.25, -0.2) is 0 Å². The quantitative estimate of drug-likeness (QED) is 0.484. The fourth-order valence-corrected chi connectivity index (χ4v) is 3.83. The molecule has 4 aromatic rings. The van der Waals surface area contributed by atoms with E-state index in [1.807, 2.05) is 91.9 Å². The average molecular weight is 401 g/mol. The smallest absolute Gasteiger partial charge is 0.242 e. The highest BCUT2D eigenvalue weighted by Gasteiger charge is 2.25. The highest BCUT2D eigenvalue weighted by Crippen LogP contribution is 2.35. The van der Waals surface area contributed by atoms with Crippen LogP contribution in [0.2, 0.25) is 0 Å². The molecule has 1 atom stereocenters. The van der Waals surface area contributed by atoms with Crippen LogP contribution in [0.25, 0.3) is 5.69 Å². The van der Waals surface area contributed by atoms with Crippen molar-refractivity contribution in [3.63, 3.8) is 0 Å². The van der Waals surface area contributed by atoms with E-state index in [1.165, 1.54) is 11.8 Å². The molecular weight excluding hydrogens is 382 g/mol. The fourth-order valence-electron chi connectivity index (χ4n) is 2.84. The maximum atomic E-state index is 13.1. The van der Waals surface area contributed by atoms with E-state index in [0.29, 0.717) is 5.16 Å². The van der Waals surface area contributed by atoms with Crippen LogP contribution in [0.4, 0.5) is 5.69 Å². The Balaban J connectivity index is 1.64. The maximum absolute atomic E-state index is 13.1. The number of hydrogen-bond donors (Lipinski definition) is 1. The fraction of sp³-hybridized carbons (Fsp3) is 0.0909. The van der Waals surface area contributed by atoms with Crippen LogP contribution in [-0.4, -0.2) is 26.1 Å². The first-order chi connectivity index (χ1) is 14.2. The number of carbonyl (C=O) groups excluding carboxylic acids is 1. The van der Waals surface area contributed by atoms with Crippen molar-refractivity contribution in [1.29, 1.82) is 0 Å². The van der Waals surface area contributed by atoms with Gasteiger partial charge < -0.3 is 5.32 Å². The average Bonchev–Trinajstić information content (AvgIpc) is 3.22. The Hall–Kier alpha value is -3.45. The molecule has 1 amide bonds. The molecule has 0 fully saturated rings. The number of carbonyl (C=O) groups is 1. The lowest BCUT2D eigenvalue weighted by Gasteiger charge is -2.16. The molecule has 0 radical (unpaired) electrons. The number of aromatic nitrogens is 4.